The van der Waals surface area contributed by atoms with Crippen LogP contribution in [0.4, 0.5) is 0 Å². The van der Waals surface area contributed by atoms with Gasteiger partial charge in [-0.2, -0.15) is 0 Å². The molecule has 0 saturated heterocycles. The number of hydrogen-bond acceptors (Lipinski definition) is 9. The predicted molar refractivity (Wildman–Crippen MR) is 143 cm³/mol. The van der Waals surface area contributed by atoms with E-state index in [0.717, 1.165) is 19.3 Å². The van der Waals surface area contributed by atoms with Crippen LogP contribution in [-0.4, -0.2) is 49.6 Å². The first-order chi connectivity index (χ1) is 18.4. The molecule has 0 radical (unpaired) electrons. The summed E-state index contributed by atoms with van der Waals surface area (Å²) in [6, 6.07) is 0. The van der Waals surface area contributed by atoms with Gasteiger partial charge in [0.2, 0.25) is 5.89 Å². The van der Waals surface area contributed by atoms with E-state index in [1.807, 2.05) is 0 Å². The van der Waals surface area contributed by atoms with Gasteiger partial charge in [0.1, 0.15) is 36.0 Å². The molecule has 2 rings (SSSR count). The maximum Gasteiger partial charge on any atom is 0.306 e. The lowest BCUT2D eigenvalue weighted by Crippen LogP contribution is -2.39. The molecular formula is C29H48N2O7. The van der Waals surface area contributed by atoms with Crippen molar-refractivity contribution < 1.29 is 33.7 Å². The van der Waals surface area contributed by atoms with Crippen molar-refractivity contribution in [3.8, 4) is 0 Å². The normalized spacial score (nSPS) is 14.8. The highest BCUT2D eigenvalue weighted by molar-refractivity contribution is 5.69. The zero-order chi connectivity index (χ0) is 27.6. The number of ether oxygens (including phenoxy) is 1. The van der Waals surface area contributed by atoms with Crippen molar-refractivity contribution in [3.63, 3.8) is 0 Å². The summed E-state index contributed by atoms with van der Waals surface area (Å²) in [5.41, 5.74) is 0.234. The number of aromatic nitrogens is 2. The molecule has 38 heavy (non-hydrogen) atoms. The lowest BCUT2D eigenvalue weighted by atomic mass is 10.0. The first-order valence-electron chi connectivity index (χ1n) is 14.5. The minimum atomic E-state index is -1.33. The predicted octanol–water partition coefficient (Wildman–Crippen LogP) is 5.81. The summed E-state index contributed by atoms with van der Waals surface area (Å²) < 4.78 is 15.8. The number of aliphatic hydroxyl groups is 3. The van der Waals surface area contributed by atoms with Crippen molar-refractivity contribution in [3.05, 3.63) is 36.2 Å². The Bertz CT molecular complexity index is 855. The zero-order valence-corrected chi connectivity index (χ0v) is 23.2. The van der Waals surface area contributed by atoms with Crippen LogP contribution in [0, 0.1) is 0 Å². The van der Waals surface area contributed by atoms with Gasteiger partial charge in [-0.05, 0) is 13.3 Å². The van der Waals surface area contributed by atoms with Gasteiger partial charge in [0.25, 0.3) is 0 Å². The molecule has 0 aliphatic carbocycles. The lowest BCUT2D eigenvalue weighted by molar-refractivity contribution is -0.159. The van der Waals surface area contributed by atoms with Crippen molar-refractivity contribution >= 4 is 5.97 Å². The fraction of sp³-hybridized carbons (Fsp3) is 0.759. The standard InChI is InChI=1S/C29H48N2O7/c1-3-4-5-6-7-8-9-10-11-12-13-14-15-16-28(34)38-22(2)29(35)26(33)18-25(32)24-20-36-27(31-24)17-23-19-30-21-37-23/h19-22,25-26,29,32-33,35H,3-18H2,1-2H3/t22-,25+,26-,29+/m0/s1. The monoisotopic (exact) mass is 536 g/mol. The van der Waals surface area contributed by atoms with Crippen LogP contribution in [0.3, 0.4) is 0 Å². The Hall–Kier alpha value is -2.23. The highest BCUT2D eigenvalue weighted by atomic mass is 16.6. The van der Waals surface area contributed by atoms with Gasteiger partial charge in [0, 0.05) is 12.8 Å². The molecule has 0 bridgehead atoms. The van der Waals surface area contributed by atoms with Crippen LogP contribution in [0.2, 0.25) is 0 Å². The maximum absolute atomic E-state index is 12.2. The molecule has 2 heterocycles. The van der Waals surface area contributed by atoms with Crippen LogP contribution in [0.25, 0.3) is 0 Å². The molecule has 0 saturated carbocycles. The third kappa shape index (κ3) is 13.0. The number of unbranched alkanes of at least 4 members (excludes halogenated alkanes) is 12. The largest absolute Gasteiger partial charge is 0.460 e. The molecule has 0 fully saturated rings. The average Bonchev–Trinajstić information content (AvgIpc) is 3.59. The topological polar surface area (TPSA) is 139 Å². The van der Waals surface area contributed by atoms with E-state index >= 15 is 0 Å². The molecule has 0 aliphatic heterocycles. The molecule has 9 heteroatoms. The number of hydrogen-bond donors (Lipinski definition) is 3. The smallest absolute Gasteiger partial charge is 0.306 e. The molecule has 0 spiro atoms. The average molecular weight is 537 g/mol. The third-order valence-electron chi connectivity index (χ3n) is 6.86. The van der Waals surface area contributed by atoms with Gasteiger partial charge in [-0.3, -0.25) is 4.79 Å². The number of oxazole rings is 2. The summed E-state index contributed by atoms with van der Waals surface area (Å²) in [6.45, 7) is 3.78. The molecule has 4 atom stereocenters. The van der Waals surface area contributed by atoms with Crippen LogP contribution in [0.1, 0.15) is 134 Å². The maximum atomic E-state index is 12.2. The van der Waals surface area contributed by atoms with Crippen molar-refractivity contribution in [2.75, 3.05) is 0 Å². The summed E-state index contributed by atoms with van der Waals surface area (Å²) in [7, 11) is 0. The molecule has 2 aromatic rings. The lowest BCUT2D eigenvalue weighted by Gasteiger charge is -2.25. The Morgan fingerprint density at radius 1 is 0.921 bits per heavy atom. The first kappa shape index (κ1) is 32.0. The van der Waals surface area contributed by atoms with Gasteiger partial charge in [-0.25, -0.2) is 9.97 Å². The second kappa shape index (κ2) is 18.9. The Morgan fingerprint density at radius 3 is 2.11 bits per heavy atom. The van der Waals surface area contributed by atoms with E-state index in [4.69, 9.17) is 13.6 Å². The van der Waals surface area contributed by atoms with Gasteiger partial charge >= 0.3 is 5.97 Å². The highest BCUT2D eigenvalue weighted by Gasteiger charge is 2.29. The van der Waals surface area contributed by atoms with Crippen molar-refractivity contribution in [2.45, 2.75) is 141 Å². The van der Waals surface area contributed by atoms with Crippen molar-refractivity contribution in [1.29, 1.82) is 0 Å². The number of aliphatic hydroxyl groups excluding tert-OH is 3. The third-order valence-corrected chi connectivity index (χ3v) is 6.86. The van der Waals surface area contributed by atoms with E-state index in [-0.39, 0.29) is 24.5 Å². The molecule has 216 valence electrons. The van der Waals surface area contributed by atoms with Gasteiger partial charge in [-0.15, -0.1) is 0 Å². The van der Waals surface area contributed by atoms with E-state index in [1.54, 1.807) is 6.20 Å². The van der Waals surface area contributed by atoms with E-state index in [9.17, 15) is 20.1 Å². The van der Waals surface area contributed by atoms with E-state index in [2.05, 4.69) is 16.9 Å². The van der Waals surface area contributed by atoms with E-state index < -0.39 is 24.4 Å². The van der Waals surface area contributed by atoms with Crippen LogP contribution in [0.15, 0.2) is 27.7 Å². The number of rotatable bonds is 22. The van der Waals surface area contributed by atoms with Gasteiger partial charge < -0.3 is 28.9 Å². The quantitative estimate of drug-likeness (QED) is 0.126. The van der Waals surface area contributed by atoms with Crippen molar-refractivity contribution in [2.24, 2.45) is 0 Å². The highest BCUT2D eigenvalue weighted by Crippen LogP contribution is 2.22. The van der Waals surface area contributed by atoms with Crippen LogP contribution >= 0.6 is 0 Å². The van der Waals surface area contributed by atoms with Crippen LogP contribution in [0.5, 0.6) is 0 Å². The summed E-state index contributed by atoms with van der Waals surface area (Å²) in [5, 5.41) is 31.1. The van der Waals surface area contributed by atoms with Gasteiger partial charge in [-0.1, -0.05) is 84.0 Å². The molecule has 0 aromatic carbocycles. The zero-order valence-electron chi connectivity index (χ0n) is 23.2. The van der Waals surface area contributed by atoms with Gasteiger partial charge in [0.05, 0.1) is 18.7 Å². The Labute approximate surface area is 227 Å². The molecular weight excluding hydrogens is 488 g/mol. The second-order valence-corrected chi connectivity index (χ2v) is 10.3. The fourth-order valence-electron chi connectivity index (χ4n) is 4.46. The SMILES string of the molecule is CCCCCCCCCCCCCCCC(=O)O[C@@H](C)[C@@H](O)[C@@H](O)C[C@@H](O)c1coc(Cc2cnco2)n1. The molecule has 3 N–H and O–H groups in total. The van der Waals surface area contributed by atoms with Gasteiger partial charge in [0.15, 0.2) is 6.39 Å². The summed E-state index contributed by atoms with van der Waals surface area (Å²) in [5.74, 6) is 0.514. The van der Waals surface area contributed by atoms with E-state index in [1.165, 1.54) is 83.8 Å². The van der Waals surface area contributed by atoms with E-state index in [0.29, 0.717) is 18.1 Å². The summed E-state index contributed by atoms with van der Waals surface area (Å²) in [6.07, 6.45) is 15.9. The fourth-order valence-corrected chi connectivity index (χ4v) is 4.46. The number of carbonyl (C=O) groups excluding carboxylic acids is 1. The Morgan fingerprint density at radius 2 is 1.53 bits per heavy atom. The molecule has 2 aromatic heterocycles. The first-order valence-corrected chi connectivity index (χ1v) is 14.5. The van der Waals surface area contributed by atoms with Crippen LogP contribution in [-0.2, 0) is 16.0 Å². The summed E-state index contributed by atoms with van der Waals surface area (Å²) in [4.78, 5) is 20.2. The number of carbonyl (C=O) groups is 1. The molecule has 9 nitrogen and oxygen atoms in total. The summed E-state index contributed by atoms with van der Waals surface area (Å²) >= 11 is 0. The number of esters is 1. The Kier molecular flexibility index (Phi) is 15.9. The molecule has 0 unspecified atom stereocenters. The Balaban J connectivity index is 1.53. The minimum absolute atomic E-state index is 0.184. The molecule has 0 aliphatic rings. The second-order valence-electron chi connectivity index (χ2n) is 10.3. The molecule has 0 amide bonds. The minimum Gasteiger partial charge on any atom is -0.460 e. The number of nitrogens with zero attached hydrogens (tertiary/aromatic N) is 2. The van der Waals surface area contributed by atoms with Crippen LogP contribution < -0.4 is 0 Å². The van der Waals surface area contributed by atoms with Crippen molar-refractivity contribution in [1.82, 2.24) is 9.97 Å².